The van der Waals surface area contributed by atoms with Crippen LogP contribution in [0, 0.1) is 6.92 Å². The van der Waals surface area contributed by atoms with Gasteiger partial charge in [0.25, 0.3) is 5.91 Å². The van der Waals surface area contributed by atoms with E-state index in [0.29, 0.717) is 37.7 Å². The minimum Gasteiger partial charge on any atom is -0.469 e. The number of nitrogens with one attached hydrogen (secondary N) is 1. The van der Waals surface area contributed by atoms with Crippen LogP contribution in [-0.4, -0.2) is 61.8 Å². The third kappa shape index (κ3) is 3.00. The second-order valence-corrected chi connectivity index (χ2v) is 5.50. The maximum absolute atomic E-state index is 12.4. The Morgan fingerprint density at radius 2 is 2.27 bits per heavy atom. The van der Waals surface area contributed by atoms with Crippen LogP contribution < -0.4 is 5.32 Å². The van der Waals surface area contributed by atoms with Gasteiger partial charge in [-0.2, -0.15) is 0 Å². The van der Waals surface area contributed by atoms with Gasteiger partial charge in [0.15, 0.2) is 0 Å². The predicted octanol–water partition coefficient (Wildman–Crippen LogP) is 0.334. The number of rotatable bonds is 3. The van der Waals surface area contributed by atoms with Gasteiger partial charge in [-0.05, 0) is 19.4 Å². The van der Waals surface area contributed by atoms with Crippen molar-refractivity contribution in [3.8, 4) is 0 Å². The number of hydrogen-bond acceptors (Lipinski definition) is 5. The van der Waals surface area contributed by atoms with Crippen molar-refractivity contribution in [2.45, 2.75) is 25.5 Å². The molecule has 2 atom stereocenters. The minimum absolute atomic E-state index is 0.0203. The SMILES string of the molecule is Cc1occc1C(=O)NCC(=O)N1CCO[C@@H]2COCC[C@@H]21. The maximum Gasteiger partial charge on any atom is 0.255 e. The van der Waals surface area contributed by atoms with E-state index < -0.39 is 0 Å². The molecule has 0 aromatic carbocycles. The van der Waals surface area contributed by atoms with Crippen molar-refractivity contribution >= 4 is 11.8 Å². The molecule has 1 aromatic rings. The van der Waals surface area contributed by atoms with Crippen LogP contribution >= 0.6 is 0 Å². The van der Waals surface area contributed by atoms with Crippen LogP contribution in [0.5, 0.6) is 0 Å². The summed E-state index contributed by atoms with van der Waals surface area (Å²) in [5.74, 6) is 0.159. The first kappa shape index (κ1) is 15.1. The van der Waals surface area contributed by atoms with Gasteiger partial charge >= 0.3 is 0 Å². The molecule has 0 aliphatic carbocycles. The van der Waals surface area contributed by atoms with Gasteiger partial charge in [-0.3, -0.25) is 9.59 Å². The van der Waals surface area contributed by atoms with E-state index in [0.717, 1.165) is 6.42 Å². The van der Waals surface area contributed by atoms with Gasteiger partial charge in [0, 0.05) is 13.2 Å². The summed E-state index contributed by atoms with van der Waals surface area (Å²) in [4.78, 5) is 26.2. The summed E-state index contributed by atoms with van der Waals surface area (Å²) in [6, 6.07) is 1.64. The average molecular weight is 308 g/mol. The number of nitrogens with zero attached hydrogens (tertiary/aromatic N) is 1. The molecular weight excluding hydrogens is 288 g/mol. The number of fused-ring (bicyclic) bond motifs is 1. The zero-order valence-electron chi connectivity index (χ0n) is 12.5. The Morgan fingerprint density at radius 3 is 3.05 bits per heavy atom. The van der Waals surface area contributed by atoms with Crippen molar-refractivity contribution in [1.82, 2.24) is 10.2 Å². The Balaban J connectivity index is 1.57. The first-order valence-electron chi connectivity index (χ1n) is 7.48. The zero-order valence-corrected chi connectivity index (χ0v) is 12.5. The largest absolute Gasteiger partial charge is 0.469 e. The van der Waals surface area contributed by atoms with Gasteiger partial charge in [0.1, 0.15) is 11.9 Å². The fourth-order valence-electron chi connectivity index (χ4n) is 2.97. The monoisotopic (exact) mass is 308 g/mol. The molecule has 2 fully saturated rings. The molecule has 7 nitrogen and oxygen atoms in total. The van der Waals surface area contributed by atoms with Crippen LogP contribution in [0.1, 0.15) is 22.5 Å². The lowest BCUT2D eigenvalue weighted by atomic mass is 10.0. The second-order valence-electron chi connectivity index (χ2n) is 5.50. The van der Waals surface area contributed by atoms with E-state index in [1.807, 2.05) is 0 Å². The molecule has 0 saturated carbocycles. The summed E-state index contributed by atoms with van der Waals surface area (Å²) >= 11 is 0. The van der Waals surface area contributed by atoms with E-state index in [1.165, 1.54) is 6.26 Å². The van der Waals surface area contributed by atoms with Crippen molar-refractivity contribution in [2.24, 2.45) is 0 Å². The fraction of sp³-hybridized carbons (Fsp3) is 0.600. The fourth-order valence-corrected chi connectivity index (χ4v) is 2.97. The Hall–Kier alpha value is -1.86. The lowest BCUT2D eigenvalue weighted by Crippen LogP contribution is -2.58. The van der Waals surface area contributed by atoms with E-state index in [9.17, 15) is 9.59 Å². The molecule has 0 radical (unpaired) electrons. The first-order valence-corrected chi connectivity index (χ1v) is 7.48. The topological polar surface area (TPSA) is 81.0 Å². The molecule has 2 aliphatic rings. The molecule has 3 rings (SSSR count). The van der Waals surface area contributed by atoms with Crippen LogP contribution in [0.3, 0.4) is 0 Å². The lowest BCUT2D eigenvalue weighted by molar-refractivity contribution is -0.160. The van der Waals surface area contributed by atoms with Crippen LogP contribution in [0.15, 0.2) is 16.7 Å². The molecule has 2 aliphatic heterocycles. The molecule has 2 saturated heterocycles. The Kier molecular flexibility index (Phi) is 4.44. The predicted molar refractivity (Wildman–Crippen MR) is 76.5 cm³/mol. The highest BCUT2D eigenvalue weighted by Crippen LogP contribution is 2.21. The van der Waals surface area contributed by atoms with E-state index in [2.05, 4.69) is 5.32 Å². The highest BCUT2D eigenvalue weighted by Gasteiger charge is 2.37. The molecule has 7 heteroatoms. The zero-order chi connectivity index (χ0) is 15.5. The third-order valence-corrected chi connectivity index (χ3v) is 4.16. The third-order valence-electron chi connectivity index (χ3n) is 4.16. The van der Waals surface area contributed by atoms with Gasteiger partial charge in [-0.15, -0.1) is 0 Å². The first-order chi connectivity index (χ1) is 10.7. The Bertz CT molecular complexity index is 554. The highest BCUT2D eigenvalue weighted by atomic mass is 16.5. The van der Waals surface area contributed by atoms with Crippen molar-refractivity contribution in [3.05, 3.63) is 23.7 Å². The number of ether oxygens (including phenoxy) is 2. The smallest absolute Gasteiger partial charge is 0.255 e. The molecule has 0 unspecified atom stereocenters. The van der Waals surface area contributed by atoms with Gasteiger partial charge in [-0.1, -0.05) is 0 Å². The summed E-state index contributed by atoms with van der Waals surface area (Å²) in [5, 5.41) is 2.66. The molecule has 1 aromatic heterocycles. The summed E-state index contributed by atoms with van der Waals surface area (Å²) < 4.78 is 16.1. The van der Waals surface area contributed by atoms with Crippen LogP contribution in [0.25, 0.3) is 0 Å². The maximum atomic E-state index is 12.4. The van der Waals surface area contributed by atoms with E-state index in [-0.39, 0.29) is 30.5 Å². The Labute approximate surface area is 128 Å². The molecule has 2 amide bonds. The normalized spacial score (nSPS) is 24.7. The molecule has 120 valence electrons. The summed E-state index contributed by atoms with van der Waals surface area (Å²) in [5.41, 5.74) is 0.457. The summed E-state index contributed by atoms with van der Waals surface area (Å²) in [6.45, 7) is 3.91. The average Bonchev–Trinajstić information content (AvgIpc) is 2.98. The minimum atomic E-state index is -0.295. The van der Waals surface area contributed by atoms with E-state index in [1.54, 1.807) is 17.9 Å². The lowest BCUT2D eigenvalue weighted by Gasteiger charge is -2.43. The molecule has 3 heterocycles. The van der Waals surface area contributed by atoms with Crippen molar-refractivity contribution in [2.75, 3.05) is 32.9 Å². The van der Waals surface area contributed by atoms with Gasteiger partial charge in [0.2, 0.25) is 5.91 Å². The number of amides is 2. The second kappa shape index (κ2) is 6.50. The van der Waals surface area contributed by atoms with Crippen LogP contribution in [0.2, 0.25) is 0 Å². The standard InChI is InChI=1S/C15H20N2O5/c1-10-11(2-6-21-10)15(19)16-8-14(18)17-4-7-22-13-9-20-5-3-12(13)17/h2,6,12-13H,3-5,7-9H2,1H3,(H,16,19)/t12-,13+/m0/s1. The number of morpholine rings is 1. The number of carbonyl (C=O) groups excluding carboxylic acids is 2. The highest BCUT2D eigenvalue weighted by molar-refractivity contribution is 5.97. The van der Waals surface area contributed by atoms with Crippen molar-refractivity contribution in [3.63, 3.8) is 0 Å². The Morgan fingerprint density at radius 1 is 1.41 bits per heavy atom. The number of aryl methyl sites for hydroxylation is 1. The number of carbonyl (C=O) groups is 2. The molecule has 1 N–H and O–H groups in total. The van der Waals surface area contributed by atoms with Gasteiger partial charge in [0.05, 0.1) is 37.6 Å². The summed E-state index contributed by atoms with van der Waals surface area (Å²) in [6.07, 6.45) is 2.17. The van der Waals surface area contributed by atoms with Crippen LogP contribution in [-0.2, 0) is 14.3 Å². The van der Waals surface area contributed by atoms with E-state index in [4.69, 9.17) is 13.9 Å². The number of hydrogen-bond donors (Lipinski definition) is 1. The van der Waals surface area contributed by atoms with E-state index >= 15 is 0 Å². The number of furan rings is 1. The summed E-state index contributed by atoms with van der Waals surface area (Å²) in [7, 11) is 0. The van der Waals surface area contributed by atoms with Gasteiger partial charge in [-0.25, -0.2) is 0 Å². The van der Waals surface area contributed by atoms with Crippen molar-refractivity contribution < 1.29 is 23.5 Å². The molecule has 0 spiro atoms. The molecule has 22 heavy (non-hydrogen) atoms. The van der Waals surface area contributed by atoms with Gasteiger partial charge < -0.3 is 24.1 Å². The van der Waals surface area contributed by atoms with Crippen LogP contribution in [0.4, 0.5) is 0 Å². The molecule has 0 bridgehead atoms. The van der Waals surface area contributed by atoms with Crippen molar-refractivity contribution in [1.29, 1.82) is 0 Å². The quantitative estimate of drug-likeness (QED) is 0.870. The molecular formula is C15H20N2O5.